The fourth-order valence-electron chi connectivity index (χ4n) is 6.52. The van der Waals surface area contributed by atoms with E-state index in [1.54, 1.807) is 66.7 Å². The van der Waals surface area contributed by atoms with Crippen molar-refractivity contribution in [2.45, 2.75) is 0 Å². The Morgan fingerprint density at radius 1 is 0.364 bits per heavy atom. The van der Waals surface area contributed by atoms with Crippen LogP contribution in [0.4, 0.5) is 0 Å². The normalized spacial score (nSPS) is 15.6. The minimum Gasteiger partial charge on any atom is -0.308 e. The average Bonchev–Trinajstić information content (AvgIpc) is 3.77. The SMILES string of the molecule is [2H]c1c([2H])c([2H])c(-c2cccc(-c3ccc(-n4c5c([2H])c([2H])c([2H])c([2H])c5c5c([2H])c([2H])c(-c6c([2H])c([2H])c([2H])c([2H])c6[2H])c([2H])c54)c(-c4nc(-c5ccccc5)nc(-c5ccccc5)n4)c3)c2)c([2H])c1[2H]. The van der Waals surface area contributed by atoms with Crippen molar-refractivity contribution in [3.8, 4) is 73.2 Å². The summed E-state index contributed by atoms with van der Waals surface area (Å²) < 4.78 is 151. The van der Waals surface area contributed by atoms with Gasteiger partial charge in [-0.25, -0.2) is 15.0 Å². The molecular weight excluding hydrogens is 669 g/mol. The van der Waals surface area contributed by atoms with Crippen LogP contribution in [0, 0.1) is 0 Å². The molecule has 0 saturated heterocycles. The summed E-state index contributed by atoms with van der Waals surface area (Å²) in [5.41, 5.74) is 1.20. The quantitative estimate of drug-likeness (QED) is 0.165. The minimum atomic E-state index is -0.747. The molecule has 4 heteroatoms. The van der Waals surface area contributed by atoms with E-state index in [1.807, 2.05) is 36.4 Å². The van der Waals surface area contributed by atoms with E-state index in [-0.39, 0.29) is 56.1 Å². The molecule has 0 N–H and O–H groups in total. The van der Waals surface area contributed by atoms with Crippen LogP contribution in [0.1, 0.15) is 23.3 Å². The van der Waals surface area contributed by atoms with Gasteiger partial charge in [-0.3, -0.25) is 0 Å². The molecule has 0 atom stereocenters. The van der Waals surface area contributed by atoms with E-state index in [1.165, 1.54) is 4.57 Å². The molecule has 0 bridgehead atoms. The summed E-state index contributed by atoms with van der Waals surface area (Å²) in [4.78, 5) is 14.9. The molecule has 0 unspecified atom stereocenters. The highest BCUT2D eigenvalue weighted by molar-refractivity contribution is 6.10. The maximum absolute atomic E-state index is 9.91. The molecule has 2 aromatic heterocycles. The maximum atomic E-state index is 9.91. The lowest BCUT2D eigenvalue weighted by molar-refractivity contribution is 1.06. The zero-order valence-electron chi connectivity index (χ0n) is 45.6. The van der Waals surface area contributed by atoms with Gasteiger partial charge in [-0.05, 0) is 63.7 Å². The molecular formula is C51H34N4. The van der Waals surface area contributed by atoms with Gasteiger partial charge in [0.2, 0.25) is 0 Å². The lowest BCUT2D eigenvalue weighted by atomic mass is 9.97. The molecule has 55 heavy (non-hydrogen) atoms. The van der Waals surface area contributed by atoms with Crippen molar-refractivity contribution in [3.63, 3.8) is 0 Å². The van der Waals surface area contributed by atoms with Gasteiger partial charge in [-0.2, -0.15) is 0 Å². The molecule has 0 aliphatic rings. The Morgan fingerprint density at radius 2 is 0.891 bits per heavy atom. The molecule has 10 aromatic rings. The summed E-state index contributed by atoms with van der Waals surface area (Å²) in [5.74, 6) is 0.498. The van der Waals surface area contributed by atoms with Gasteiger partial charge < -0.3 is 4.57 Å². The van der Waals surface area contributed by atoms with Crippen LogP contribution < -0.4 is 0 Å². The van der Waals surface area contributed by atoms with Gasteiger partial charge >= 0.3 is 0 Å². The molecule has 258 valence electrons. The number of fused-ring (bicyclic) bond motifs is 3. The van der Waals surface area contributed by atoms with Gasteiger partial charge in [-0.15, -0.1) is 0 Å². The third kappa shape index (κ3) is 6.06. The highest BCUT2D eigenvalue weighted by atomic mass is 15.1. The summed E-state index contributed by atoms with van der Waals surface area (Å²) in [6.07, 6.45) is 0. The standard InChI is InChI=1S/C51H34N4/c1-5-16-35(17-6-1)39-24-15-25-40(32-39)41-29-31-47(55-46-27-14-13-26-43(46)44-30-28-42(34-48(44)55)36-18-7-2-8-19-36)45(33-41)51-53-49(37-20-9-3-10-21-37)52-50(54-51)38-22-11-4-12-23-38/h1-34H/i1D,2D,5D,6D,7D,8D,13D,14D,16D,17D,18D,19D,26D,27D,28D,30D,34D. The summed E-state index contributed by atoms with van der Waals surface area (Å²) in [5, 5.41) is -0.461. The summed E-state index contributed by atoms with van der Waals surface area (Å²) in [6, 6.07) is 19.1. The third-order valence-electron chi connectivity index (χ3n) is 9.07. The predicted molar refractivity (Wildman–Crippen MR) is 227 cm³/mol. The van der Waals surface area contributed by atoms with Gasteiger partial charge in [0.25, 0.3) is 0 Å². The largest absolute Gasteiger partial charge is 0.308 e. The molecule has 0 aliphatic heterocycles. The van der Waals surface area contributed by atoms with E-state index in [4.69, 9.17) is 31.4 Å². The first kappa shape index (κ1) is 19.1. The smallest absolute Gasteiger partial charge is 0.166 e. The number of aromatic nitrogens is 4. The van der Waals surface area contributed by atoms with Crippen LogP contribution in [0.25, 0.3) is 95.0 Å². The van der Waals surface area contributed by atoms with Crippen LogP contribution in [0.5, 0.6) is 0 Å². The molecule has 0 amide bonds. The Labute approximate surface area is 343 Å². The summed E-state index contributed by atoms with van der Waals surface area (Å²) in [7, 11) is 0. The van der Waals surface area contributed by atoms with Crippen molar-refractivity contribution >= 4 is 21.8 Å². The molecule has 0 radical (unpaired) electrons. The van der Waals surface area contributed by atoms with Crippen LogP contribution in [-0.2, 0) is 0 Å². The molecule has 0 spiro atoms. The van der Waals surface area contributed by atoms with E-state index in [9.17, 15) is 6.85 Å². The highest BCUT2D eigenvalue weighted by Gasteiger charge is 2.21. The van der Waals surface area contributed by atoms with E-state index < -0.39 is 114 Å². The highest BCUT2D eigenvalue weighted by Crippen LogP contribution is 2.40. The predicted octanol–water partition coefficient (Wildman–Crippen LogP) is 13.0. The first-order chi connectivity index (χ1) is 34.3. The zero-order valence-corrected chi connectivity index (χ0v) is 28.6. The zero-order chi connectivity index (χ0) is 51.3. The second-order valence-corrected chi connectivity index (χ2v) is 12.4. The Morgan fingerprint density at radius 3 is 1.56 bits per heavy atom. The molecule has 0 fully saturated rings. The number of hydrogen-bond acceptors (Lipinski definition) is 3. The second-order valence-electron chi connectivity index (χ2n) is 12.4. The monoisotopic (exact) mass is 719 g/mol. The molecule has 2 heterocycles. The lowest BCUT2D eigenvalue weighted by Gasteiger charge is -2.17. The number of para-hydroxylation sites is 1. The summed E-state index contributed by atoms with van der Waals surface area (Å²) in [6.45, 7) is 0. The topological polar surface area (TPSA) is 43.6 Å². The van der Waals surface area contributed by atoms with Crippen LogP contribution in [0.2, 0.25) is 0 Å². The molecule has 0 aliphatic carbocycles. The fraction of sp³-hybridized carbons (Fsp3) is 0. The molecule has 0 saturated carbocycles. The summed E-state index contributed by atoms with van der Waals surface area (Å²) >= 11 is 0. The van der Waals surface area contributed by atoms with Crippen molar-refractivity contribution in [1.82, 2.24) is 19.5 Å². The van der Waals surface area contributed by atoms with Crippen LogP contribution >= 0.6 is 0 Å². The third-order valence-corrected chi connectivity index (χ3v) is 9.07. The van der Waals surface area contributed by atoms with Crippen molar-refractivity contribution in [2.75, 3.05) is 0 Å². The maximum Gasteiger partial charge on any atom is 0.166 e. The van der Waals surface area contributed by atoms with Gasteiger partial charge in [0.05, 0.1) is 40.0 Å². The first-order valence-electron chi connectivity index (χ1n) is 25.6. The average molecular weight is 720 g/mol. The lowest BCUT2D eigenvalue weighted by Crippen LogP contribution is -2.04. The van der Waals surface area contributed by atoms with E-state index in [0.29, 0.717) is 27.8 Å². The van der Waals surface area contributed by atoms with Crippen molar-refractivity contribution in [1.29, 1.82) is 0 Å². The number of nitrogens with zero attached hydrogens (tertiary/aromatic N) is 4. The van der Waals surface area contributed by atoms with Crippen molar-refractivity contribution < 1.29 is 23.3 Å². The van der Waals surface area contributed by atoms with Gasteiger partial charge in [0.15, 0.2) is 17.5 Å². The second kappa shape index (κ2) is 13.8. The van der Waals surface area contributed by atoms with E-state index in [0.717, 1.165) is 0 Å². The fourth-order valence-corrected chi connectivity index (χ4v) is 6.52. The van der Waals surface area contributed by atoms with Gasteiger partial charge in [-0.1, -0.05) is 176 Å². The first-order valence-corrected chi connectivity index (χ1v) is 17.1. The molecule has 8 aromatic carbocycles. The number of benzene rings is 8. The Bertz CT molecular complexity index is 3840. The van der Waals surface area contributed by atoms with Crippen molar-refractivity contribution in [3.05, 3.63) is 206 Å². The van der Waals surface area contributed by atoms with Crippen LogP contribution in [0.3, 0.4) is 0 Å². The Hall–Kier alpha value is -7.43. The van der Waals surface area contributed by atoms with Gasteiger partial charge in [0, 0.05) is 27.5 Å². The minimum absolute atomic E-state index is 0.0257. The number of rotatable bonds is 7. The van der Waals surface area contributed by atoms with Crippen LogP contribution in [-0.4, -0.2) is 19.5 Å². The van der Waals surface area contributed by atoms with Crippen molar-refractivity contribution in [2.24, 2.45) is 0 Å². The Balaban J connectivity index is 1.37. The molecule has 4 nitrogen and oxygen atoms in total. The van der Waals surface area contributed by atoms with Gasteiger partial charge in [0.1, 0.15) is 0 Å². The number of hydrogen-bond donors (Lipinski definition) is 0. The Kier molecular flexibility index (Phi) is 4.80. The van der Waals surface area contributed by atoms with Crippen LogP contribution in [0.15, 0.2) is 206 Å². The van der Waals surface area contributed by atoms with E-state index >= 15 is 0 Å². The van der Waals surface area contributed by atoms with E-state index in [2.05, 4.69) is 0 Å². The molecule has 10 rings (SSSR count).